The summed E-state index contributed by atoms with van der Waals surface area (Å²) < 4.78 is 0. The maximum Gasteiger partial charge on any atom is 0.185 e. The van der Waals surface area contributed by atoms with E-state index in [2.05, 4.69) is 18.7 Å². The molecule has 4 aromatic carbocycles. The Bertz CT molecular complexity index is 1680. The highest BCUT2D eigenvalue weighted by Crippen LogP contribution is 2.60. The number of hydrogen-bond acceptors (Lipinski definition) is 4. The predicted octanol–water partition coefficient (Wildman–Crippen LogP) is 7.20. The van der Waals surface area contributed by atoms with E-state index in [1.807, 2.05) is 91.0 Å². The fraction of sp³-hybridized carbons (Fsp3) is 0.216. The number of nitrogens with zero attached hydrogens (tertiary/aromatic N) is 1. The van der Waals surface area contributed by atoms with E-state index in [9.17, 15) is 14.4 Å². The van der Waals surface area contributed by atoms with Crippen LogP contribution >= 0.6 is 0 Å². The van der Waals surface area contributed by atoms with E-state index in [4.69, 9.17) is 0 Å². The lowest BCUT2D eigenvalue weighted by atomic mass is 9.64. The Kier molecular flexibility index (Phi) is 5.90. The summed E-state index contributed by atoms with van der Waals surface area (Å²) in [5.41, 5.74) is 3.83. The molecule has 7 rings (SSSR count). The Morgan fingerprint density at radius 1 is 0.780 bits per heavy atom. The summed E-state index contributed by atoms with van der Waals surface area (Å²) in [6, 6.07) is 31.2. The lowest BCUT2D eigenvalue weighted by Gasteiger charge is -2.37. The van der Waals surface area contributed by atoms with Crippen LogP contribution in [0.2, 0.25) is 0 Å². The average molecular weight is 538 g/mol. The number of Topliss-reactive ketones (excluding diaryl/α,β-unsaturated/α-hetero) is 3. The van der Waals surface area contributed by atoms with E-state index in [-0.39, 0.29) is 17.3 Å². The highest BCUT2D eigenvalue weighted by Gasteiger charge is 2.71. The third-order valence-electron chi connectivity index (χ3n) is 9.02. The molecule has 2 heterocycles. The Labute approximate surface area is 240 Å². The summed E-state index contributed by atoms with van der Waals surface area (Å²) in [5.74, 6) is -0.660. The van der Waals surface area contributed by atoms with Crippen LogP contribution in [0.4, 0.5) is 5.69 Å². The molecule has 1 spiro atoms. The van der Waals surface area contributed by atoms with E-state index >= 15 is 0 Å². The molecule has 4 nitrogen and oxygen atoms in total. The average Bonchev–Trinajstić information content (AvgIpc) is 3.43. The number of benzene rings is 4. The van der Waals surface area contributed by atoms with Gasteiger partial charge < -0.3 is 4.90 Å². The molecular formula is C37H31NO3. The van der Waals surface area contributed by atoms with E-state index < -0.39 is 23.4 Å². The molecule has 202 valence electrons. The first-order chi connectivity index (χ1) is 19.9. The van der Waals surface area contributed by atoms with E-state index in [1.165, 1.54) is 5.56 Å². The van der Waals surface area contributed by atoms with Crippen molar-refractivity contribution in [3.05, 3.63) is 143 Å². The van der Waals surface area contributed by atoms with Crippen molar-refractivity contribution in [2.45, 2.75) is 38.3 Å². The number of hydrogen-bond donors (Lipinski definition) is 0. The van der Waals surface area contributed by atoms with Gasteiger partial charge in [0.1, 0.15) is 11.5 Å². The molecule has 3 atom stereocenters. The molecule has 0 amide bonds. The minimum atomic E-state index is -1.47. The van der Waals surface area contributed by atoms with E-state index in [1.54, 1.807) is 24.3 Å². The van der Waals surface area contributed by atoms with Crippen LogP contribution in [0.5, 0.6) is 0 Å². The van der Waals surface area contributed by atoms with Gasteiger partial charge in [-0.05, 0) is 35.1 Å². The molecule has 41 heavy (non-hydrogen) atoms. The van der Waals surface area contributed by atoms with Gasteiger partial charge >= 0.3 is 0 Å². The number of carbonyl (C=O) groups is 3. The molecular weight excluding hydrogens is 506 g/mol. The molecule has 0 aromatic heterocycles. The molecule has 2 aliphatic heterocycles. The van der Waals surface area contributed by atoms with Crippen LogP contribution in [0.25, 0.3) is 6.08 Å². The summed E-state index contributed by atoms with van der Waals surface area (Å²) in [4.78, 5) is 46.1. The zero-order valence-corrected chi connectivity index (χ0v) is 23.2. The molecule has 0 radical (unpaired) electrons. The number of anilines is 1. The van der Waals surface area contributed by atoms with Crippen LogP contribution in [0.3, 0.4) is 0 Å². The molecule has 0 bridgehead atoms. The fourth-order valence-electron chi connectivity index (χ4n) is 7.40. The van der Waals surface area contributed by atoms with Crippen molar-refractivity contribution in [2.24, 2.45) is 11.3 Å². The van der Waals surface area contributed by atoms with Gasteiger partial charge in [-0.1, -0.05) is 123 Å². The molecule has 1 aliphatic carbocycles. The van der Waals surface area contributed by atoms with Crippen molar-refractivity contribution in [3.63, 3.8) is 0 Å². The predicted molar refractivity (Wildman–Crippen MR) is 162 cm³/mol. The molecule has 0 N–H and O–H groups in total. The quantitative estimate of drug-likeness (QED) is 0.200. The lowest BCUT2D eigenvalue weighted by Crippen LogP contribution is -2.48. The second-order valence-corrected chi connectivity index (χ2v) is 11.8. The second kappa shape index (κ2) is 9.52. The highest BCUT2D eigenvalue weighted by atomic mass is 16.2. The largest absolute Gasteiger partial charge is 0.352 e. The van der Waals surface area contributed by atoms with Crippen LogP contribution in [-0.4, -0.2) is 29.4 Å². The third kappa shape index (κ3) is 3.63. The normalized spacial score (nSPS) is 21.7. The second-order valence-electron chi connectivity index (χ2n) is 11.8. The van der Waals surface area contributed by atoms with Crippen molar-refractivity contribution >= 4 is 29.1 Å². The number of para-hydroxylation sites is 1. The van der Waals surface area contributed by atoms with Gasteiger partial charge in [0.05, 0.1) is 6.04 Å². The van der Waals surface area contributed by atoms with Gasteiger partial charge in [0, 0.05) is 28.3 Å². The van der Waals surface area contributed by atoms with Gasteiger partial charge in [-0.3, -0.25) is 14.4 Å². The molecule has 1 saturated heterocycles. The van der Waals surface area contributed by atoms with Crippen LogP contribution in [-0.2, 0) is 6.42 Å². The smallest absolute Gasteiger partial charge is 0.185 e. The molecule has 3 aliphatic rings. The number of carbonyl (C=O) groups excluding carboxylic acids is 3. The third-order valence-corrected chi connectivity index (χ3v) is 9.02. The zero-order chi connectivity index (χ0) is 28.3. The zero-order valence-electron chi connectivity index (χ0n) is 23.2. The van der Waals surface area contributed by atoms with Crippen molar-refractivity contribution in [2.75, 3.05) is 4.90 Å². The summed E-state index contributed by atoms with van der Waals surface area (Å²) in [6.45, 7) is 4.35. The SMILES string of the molecule is CC(C)Cc1ccc(C(=O)[C@H]2[C@H](c3ccccc3)C3(C(=O)c4ccccc4C3=O)[C@@H]3C=Cc4ccccc4N32)cc1. The van der Waals surface area contributed by atoms with Gasteiger partial charge in [-0.2, -0.15) is 0 Å². The van der Waals surface area contributed by atoms with Crippen molar-refractivity contribution in [1.29, 1.82) is 0 Å². The minimum Gasteiger partial charge on any atom is -0.352 e. The molecule has 1 fully saturated rings. The Morgan fingerprint density at radius 3 is 2.05 bits per heavy atom. The maximum absolute atomic E-state index is 14.8. The maximum atomic E-state index is 14.8. The Hall–Kier alpha value is -4.57. The van der Waals surface area contributed by atoms with Crippen LogP contribution in [0.15, 0.2) is 109 Å². The van der Waals surface area contributed by atoms with Crippen LogP contribution < -0.4 is 4.90 Å². The molecule has 0 unspecified atom stereocenters. The number of rotatable bonds is 5. The van der Waals surface area contributed by atoms with E-state index in [0.717, 1.165) is 23.2 Å². The number of fused-ring (bicyclic) bond motifs is 5. The summed E-state index contributed by atoms with van der Waals surface area (Å²) in [5, 5.41) is 0. The Morgan fingerprint density at radius 2 is 1.39 bits per heavy atom. The van der Waals surface area contributed by atoms with Gasteiger partial charge in [0.15, 0.2) is 17.3 Å². The number of ketones is 3. The van der Waals surface area contributed by atoms with E-state index in [0.29, 0.717) is 22.6 Å². The van der Waals surface area contributed by atoms with Gasteiger partial charge in [0.2, 0.25) is 0 Å². The van der Waals surface area contributed by atoms with Crippen molar-refractivity contribution in [3.8, 4) is 0 Å². The first kappa shape index (κ1) is 25.4. The summed E-state index contributed by atoms with van der Waals surface area (Å²) >= 11 is 0. The molecule has 4 heteroatoms. The first-order valence-electron chi connectivity index (χ1n) is 14.3. The summed E-state index contributed by atoms with van der Waals surface area (Å²) in [7, 11) is 0. The minimum absolute atomic E-state index is 0.0847. The Balaban J connectivity index is 1.47. The molecule has 0 saturated carbocycles. The van der Waals surface area contributed by atoms with Gasteiger partial charge in [-0.25, -0.2) is 0 Å². The highest BCUT2D eigenvalue weighted by molar-refractivity contribution is 6.32. The van der Waals surface area contributed by atoms with Gasteiger partial charge in [0.25, 0.3) is 0 Å². The lowest BCUT2D eigenvalue weighted by molar-refractivity contribution is 0.0666. The van der Waals surface area contributed by atoms with Crippen molar-refractivity contribution < 1.29 is 14.4 Å². The first-order valence-corrected chi connectivity index (χ1v) is 14.3. The van der Waals surface area contributed by atoms with Crippen LogP contribution in [0, 0.1) is 11.3 Å². The van der Waals surface area contributed by atoms with Crippen LogP contribution in [0.1, 0.15) is 67.5 Å². The monoisotopic (exact) mass is 537 g/mol. The topological polar surface area (TPSA) is 54.5 Å². The van der Waals surface area contributed by atoms with Crippen molar-refractivity contribution in [1.82, 2.24) is 0 Å². The summed E-state index contributed by atoms with van der Waals surface area (Å²) in [6.07, 6.45) is 4.90. The van der Waals surface area contributed by atoms with Gasteiger partial charge in [-0.15, -0.1) is 0 Å². The standard InChI is InChI=1S/C37H31NO3/c1-23(2)22-24-16-18-27(19-17-24)34(39)33-32(26-11-4-3-5-12-26)37(35(40)28-13-7-8-14-29(28)36(37)41)31-21-20-25-10-6-9-15-30(25)38(31)33/h3-21,23,31-33H,22H2,1-2H3/t31-,32-,33+/m0/s1. The fourth-order valence-corrected chi connectivity index (χ4v) is 7.40. The molecule has 4 aromatic rings.